The minimum Gasteiger partial charge on any atom is -1.00 e. The number of halogens is 1. The Hall–Kier alpha value is -4.22. The number of nitrogens with zero attached hydrogens (tertiary/aromatic N) is 1. The molecule has 1 aromatic heterocycles. The van der Waals surface area contributed by atoms with Crippen molar-refractivity contribution in [3.05, 3.63) is 93.2 Å². The molecule has 12 heteroatoms. The molecule has 2 amide bonds. The van der Waals surface area contributed by atoms with Gasteiger partial charge in [0.2, 0.25) is 5.91 Å². The van der Waals surface area contributed by atoms with Crippen LogP contribution >= 0.6 is 0 Å². The summed E-state index contributed by atoms with van der Waals surface area (Å²) in [6.45, 7) is 2.26. The number of hydrogen-bond donors (Lipinski definition) is 6. The number of quaternary nitrogens is 1. The Morgan fingerprint density at radius 3 is 2.31 bits per heavy atom. The van der Waals surface area contributed by atoms with Crippen molar-refractivity contribution in [3.8, 4) is 5.75 Å². The summed E-state index contributed by atoms with van der Waals surface area (Å²) in [6.07, 6.45) is 2.66. The number of aromatic amines is 1. The highest BCUT2D eigenvalue weighted by Gasteiger charge is 2.21. The molecule has 0 spiro atoms. The van der Waals surface area contributed by atoms with Gasteiger partial charge in [-0.2, -0.15) is 0 Å². The van der Waals surface area contributed by atoms with Crippen LogP contribution in [-0.4, -0.2) is 56.6 Å². The number of unbranched alkanes of at least 4 members (excludes halogenated alkanes) is 1. The maximum absolute atomic E-state index is 12.6. The second-order valence-corrected chi connectivity index (χ2v) is 10.0. The van der Waals surface area contributed by atoms with Crippen LogP contribution in [0.5, 0.6) is 5.75 Å². The average molecular weight is 600 g/mol. The number of carboxylic acids is 1. The Morgan fingerprint density at radius 2 is 1.64 bits per heavy atom. The third kappa shape index (κ3) is 11.0. The fourth-order valence-corrected chi connectivity index (χ4v) is 4.37. The van der Waals surface area contributed by atoms with Gasteiger partial charge in [-0.15, -0.1) is 0 Å². The van der Waals surface area contributed by atoms with Crippen molar-refractivity contribution in [1.29, 1.82) is 0 Å². The van der Waals surface area contributed by atoms with Crippen LogP contribution in [0.4, 0.5) is 0 Å². The van der Waals surface area contributed by atoms with Crippen molar-refractivity contribution in [2.75, 3.05) is 6.54 Å². The molecule has 8 N–H and O–H groups in total. The van der Waals surface area contributed by atoms with Crippen LogP contribution in [0, 0.1) is 6.92 Å². The van der Waals surface area contributed by atoms with Gasteiger partial charge in [0.1, 0.15) is 17.5 Å². The highest BCUT2D eigenvalue weighted by molar-refractivity contribution is 5.83. The van der Waals surface area contributed by atoms with E-state index in [-0.39, 0.29) is 54.6 Å². The van der Waals surface area contributed by atoms with Gasteiger partial charge in [0.15, 0.2) is 6.04 Å². The van der Waals surface area contributed by atoms with E-state index >= 15 is 0 Å². The number of aryl methyl sites for hydroxylation is 3. The highest BCUT2D eigenvalue weighted by Crippen LogP contribution is 2.11. The Balaban J connectivity index is 0.00000616. The predicted molar refractivity (Wildman–Crippen MR) is 152 cm³/mol. The third-order valence-corrected chi connectivity index (χ3v) is 6.71. The molecule has 3 aromatic rings. The molecule has 0 aliphatic heterocycles. The van der Waals surface area contributed by atoms with E-state index in [0.717, 1.165) is 17.5 Å². The monoisotopic (exact) mass is 599 g/mol. The zero-order valence-corrected chi connectivity index (χ0v) is 24.3. The van der Waals surface area contributed by atoms with Crippen LogP contribution < -0.4 is 34.3 Å². The van der Waals surface area contributed by atoms with Crippen LogP contribution in [0.1, 0.15) is 47.5 Å². The molecular weight excluding hydrogens is 562 g/mol. The molecule has 1 heterocycles. The first-order valence-electron chi connectivity index (χ1n) is 13.7. The molecular formula is C30H38ClN5O6. The number of phenols is 1. The summed E-state index contributed by atoms with van der Waals surface area (Å²) >= 11 is 0. The van der Waals surface area contributed by atoms with E-state index in [1.807, 2.05) is 6.07 Å². The smallest absolute Gasteiger partial charge is 0.326 e. The number of benzene rings is 2. The normalized spacial score (nSPS) is 12.0. The SMILES string of the molecule is Cc1nc(CCC(=O)N[C@@H](Cc2ccccc2)C(=O)O)c(=O)[nH]c1CCCCNC(=O)[C@@H]([NH3+])Cc1ccc(O)cc1.[Cl-]. The Labute approximate surface area is 250 Å². The van der Waals surface area contributed by atoms with Gasteiger partial charge in [0, 0.05) is 37.9 Å². The summed E-state index contributed by atoms with van der Waals surface area (Å²) in [4.78, 5) is 56.2. The third-order valence-electron chi connectivity index (χ3n) is 6.71. The number of aromatic nitrogens is 2. The van der Waals surface area contributed by atoms with Crippen molar-refractivity contribution in [1.82, 2.24) is 20.6 Å². The molecule has 2 aromatic carbocycles. The molecule has 0 saturated carbocycles. The van der Waals surface area contributed by atoms with Crippen LogP contribution in [-0.2, 0) is 40.1 Å². The number of hydrogen-bond acceptors (Lipinski definition) is 6. The lowest BCUT2D eigenvalue weighted by Crippen LogP contribution is -3.00. The predicted octanol–water partition coefficient (Wildman–Crippen LogP) is -2.18. The fourth-order valence-electron chi connectivity index (χ4n) is 4.37. The largest absolute Gasteiger partial charge is 1.00 e. The van der Waals surface area contributed by atoms with E-state index in [2.05, 4.69) is 26.3 Å². The quantitative estimate of drug-likeness (QED) is 0.107. The Morgan fingerprint density at radius 1 is 0.976 bits per heavy atom. The number of carbonyl (C=O) groups is 3. The summed E-state index contributed by atoms with van der Waals surface area (Å²) < 4.78 is 0. The molecule has 0 radical (unpaired) electrons. The van der Waals surface area contributed by atoms with E-state index in [9.17, 15) is 29.4 Å². The maximum Gasteiger partial charge on any atom is 0.326 e. The number of H-pyrrole nitrogens is 1. The van der Waals surface area contributed by atoms with E-state index in [1.165, 1.54) is 0 Å². The van der Waals surface area contributed by atoms with Crippen molar-refractivity contribution in [2.45, 2.75) is 64.0 Å². The van der Waals surface area contributed by atoms with Gasteiger partial charge in [-0.25, -0.2) is 4.79 Å². The van der Waals surface area contributed by atoms with Crippen molar-refractivity contribution >= 4 is 17.8 Å². The summed E-state index contributed by atoms with van der Waals surface area (Å²) in [5.41, 5.74) is 6.84. The molecule has 3 rings (SSSR count). The molecule has 2 atom stereocenters. The number of aliphatic carboxylic acids is 1. The molecule has 0 aliphatic carbocycles. The molecule has 0 fully saturated rings. The first-order valence-corrected chi connectivity index (χ1v) is 13.7. The zero-order valence-electron chi connectivity index (χ0n) is 23.6. The number of nitrogens with one attached hydrogen (secondary N) is 3. The topological polar surface area (TPSA) is 189 Å². The summed E-state index contributed by atoms with van der Waals surface area (Å²) in [7, 11) is 0. The summed E-state index contributed by atoms with van der Waals surface area (Å²) in [5.74, 6) is -1.56. The van der Waals surface area contributed by atoms with Gasteiger partial charge >= 0.3 is 5.97 Å². The van der Waals surface area contributed by atoms with Crippen molar-refractivity contribution in [3.63, 3.8) is 0 Å². The first kappa shape index (κ1) is 34.0. The fraction of sp³-hybridized carbons (Fsp3) is 0.367. The van der Waals surface area contributed by atoms with Gasteiger partial charge in [-0.1, -0.05) is 42.5 Å². The molecule has 11 nitrogen and oxygen atoms in total. The summed E-state index contributed by atoms with van der Waals surface area (Å²) in [5, 5.41) is 24.3. The zero-order chi connectivity index (χ0) is 29.8. The number of amides is 2. The summed E-state index contributed by atoms with van der Waals surface area (Å²) in [6, 6.07) is 14.2. The van der Waals surface area contributed by atoms with E-state index in [4.69, 9.17) is 0 Å². The minimum absolute atomic E-state index is 0. The molecule has 42 heavy (non-hydrogen) atoms. The number of carbonyl (C=O) groups excluding carboxylic acids is 2. The Bertz CT molecular complexity index is 1380. The second-order valence-electron chi connectivity index (χ2n) is 10.0. The lowest BCUT2D eigenvalue weighted by molar-refractivity contribution is -0.403. The van der Waals surface area contributed by atoms with E-state index < -0.39 is 24.0 Å². The first-order chi connectivity index (χ1) is 19.6. The van der Waals surface area contributed by atoms with Gasteiger partial charge in [-0.3, -0.25) is 19.4 Å². The lowest BCUT2D eigenvalue weighted by Gasteiger charge is -2.14. The second kappa shape index (κ2) is 16.9. The molecule has 0 saturated heterocycles. The Kier molecular flexibility index (Phi) is 13.7. The van der Waals surface area contributed by atoms with Gasteiger partial charge in [-0.05, 0) is 49.4 Å². The van der Waals surface area contributed by atoms with Gasteiger partial charge < -0.3 is 44.0 Å². The lowest BCUT2D eigenvalue weighted by atomic mass is 10.1. The van der Waals surface area contributed by atoms with Crippen LogP contribution in [0.3, 0.4) is 0 Å². The molecule has 0 unspecified atom stereocenters. The van der Waals surface area contributed by atoms with Gasteiger partial charge in [0.05, 0.1) is 5.69 Å². The number of aromatic hydroxyl groups is 1. The number of phenolic OH excluding ortho intramolecular Hbond substituents is 1. The van der Waals surface area contributed by atoms with Gasteiger partial charge in [0.25, 0.3) is 11.5 Å². The molecule has 0 bridgehead atoms. The average Bonchev–Trinajstić information content (AvgIpc) is 2.94. The highest BCUT2D eigenvalue weighted by atomic mass is 35.5. The minimum atomic E-state index is -1.13. The van der Waals surface area contributed by atoms with Crippen molar-refractivity contribution in [2.24, 2.45) is 0 Å². The molecule has 0 aliphatic rings. The van der Waals surface area contributed by atoms with Crippen molar-refractivity contribution < 1.29 is 42.7 Å². The van der Waals surface area contributed by atoms with E-state index in [1.54, 1.807) is 55.5 Å². The standard InChI is InChI=1S/C30H37N5O6.ClH/c1-19-24(9-5-6-16-32-28(38)23(31)17-21-10-12-22(36)13-11-21)35-29(39)25(33-19)14-15-27(37)34-26(30(40)41)18-20-7-3-2-4-8-20;/h2-4,7-8,10-13,23,26,36H,5-6,9,14-18,31H2,1H3,(H,32,38)(H,34,37)(H,35,39)(H,40,41);1H/t23-,26-;/m0./s1. The maximum atomic E-state index is 12.6. The molecule has 226 valence electrons. The number of carboxylic acid groups (broad SMARTS) is 1. The van der Waals surface area contributed by atoms with Crippen LogP contribution in [0.15, 0.2) is 59.4 Å². The van der Waals surface area contributed by atoms with Crippen LogP contribution in [0.25, 0.3) is 0 Å². The van der Waals surface area contributed by atoms with E-state index in [0.29, 0.717) is 37.2 Å². The number of rotatable bonds is 15. The van der Waals surface area contributed by atoms with Crippen LogP contribution in [0.2, 0.25) is 0 Å².